The summed E-state index contributed by atoms with van der Waals surface area (Å²) in [5.74, 6) is -0.0451. The standard InChI is InChI=1S/C23H28N4O2/c1-3-26-20-15-18(24-22(28)14-17-10-6-5-7-11-17)19(25-12-8-9-13-25)16-21(20)27(4-2)23(26)29/h5-7,10-11,15-16H,3-4,8-9,12-14H2,1-2H3,(H,24,28). The van der Waals surface area contributed by atoms with E-state index in [4.69, 9.17) is 0 Å². The number of nitrogens with one attached hydrogen (secondary N) is 1. The van der Waals surface area contributed by atoms with E-state index in [2.05, 4.69) is 16.3 Å². The minimum Gasteiger partial charge on any atom is -0.370 e. The van der Waals surface area contributed by atoms with Crippen molar-refractivity contribution in [2.24, 2.45) is 0 Å². The Morgan fingerprint density at radius 2 is 1.59 bits per heavy atom. The van der Waals surface area contributed by atoms with Crippen LogP contribution in [0.2, 0.25) is 0 Å². The van der Waals surface area contributed by atoms with Crippen LogP contribution in [0, 0.1) is 0 Å². The Bertz CT molecular complexity index is 1080. The monoisotopic (exact) mass is 392 g/mol. The lowest BCUT2D eigenvalue weighted by atomic mass is 10.1. The second-order valence-electron chi connectivity index (χ2n) is 7.53. The lowest BCUT2D eigenvalue weighted by Gasteiger charge is -2.22. The number of fused-ring (bicyclic) bond motifs is 1. The van der Waals surface area contributed by atoms with Crippen LogP contribution in [0.1, 0.15) is 32.3 Å². The second-order valence-corrected chi connectivity index (χ2v) is 7.53. The average Bonchev–Trinajstić information content (AvgIpc) is 3.33. The number of benzene rings is 2. The number of carbonyl (C=O) groups is 1. The molecule has 0 radical (unpaired) electrons. The number of aromatic nitrogens is 2. The van der Waals surface area contributed by atoms with Crippen molar-refractivity contribution in [2.75, 3.05) is 23.3 Å². The molecule has 0 bridgehead atoms. The molecule has 0 aliphatic carbocycles. The normalized spacial score (nSPS) is 13.9. The van der Waals surface area contributed by atoms with Crippen molar-refractivity contribution in [2.45, 2.75) is 46.2 Å². The summed E-state index contributed by atoms with van der Waals surface area (Å²) in [6.45, 7) is 7.13. The van der Waals surface area contributed by atoms with Crippen molar-refractivity contribution in [3.8, 4) is 0 Å². The SMILES string of the molecule is CCn1c(=O)n(CC)c2cc(N3CCCC3)c(NC(=O)Cc3ccccc3)cc21. The van der Waals surface area contributed by atoms with Crippen LogP contribution in [0.5, 0.6) is 0 Å². The fraction of sp³-hybridized carbons (Fsp3) is 0.391. The van der Waals surface area contributed by atoms with Crippen LogP contribution < -0.4 is 15.9 Å². The summed E-state index contributed by atoms with van der Waals surface area (Å²) in [5.41, 5.74) is 4.59. The summed E-state index contributed by atoms with van der Waals surface area (Å²) in [6.07, 6.45) is 2.62. The van der Waals surface area contributed by atoms with Crippen molar-refractivity contribution in [1.29, 1.82) is 0 Å². The Morgan fingerprint density at radius 1 is 0.966 bits per heavy atom. The molecule has 1 aliphatic rings. The van der Waals surface area contributed by atoms with Gasteiger partial charge in [0.25, 0.3) is 0 Å². The van der Waals surface area contributed by atoms with Gasteiger partial charge in [-0.15, -0.1) is 0 Å². The Morgan fingerprint density at radius 3 is 2.21 bits per heavy atom. The summed E-state index contributed by atoms with van der Waals surface area (Å²) in [5, 5.41) is 3.12. The van der Waals surface area contributed by atoms with E-state index in [-0.39, 0.29) is 11.6 Å². The lowest BCUT2D eigenvalue weighted by Crippen LogP contribution is -2.23. The van der Waals surface area contributed by atoms with Gasteiger partial charge < -0.3 is 10.2 Å². The third-order valence-electron chi connectivity index (χ3n) is 5.70. The Kier molecular flexibility index (Phi) is 5.43. The van der Waals surface area contributed by atoms with E-state index in [9.17, 15) is 9.59 Å². The molecule has 6 heteroatoms. The molecule has 2 heterocycles. The first kappa shape index (κ1) is 19.3. The molecule has 1 N–H and O–H groups in total. The summed E-state index contributed by atoms with van der Waals surface area (Å²) >= 11 is 0. The number of hydrogen-bond donors (Lipinski definition) is 1. The molecule has 1 saturated heterocycles. The zero-order valence-electron chi connectivity index (χ0n) is 17.1. The topological polar surface area (TPSA) is 59.3 Å². The van der Waals surface area contributed by atoms with Gasteiger partial charge in [0.15, 0.2) is 0 Å². The van der Waals surface area contributed by atoms with E-state index in [1.807, 2.05) is 54.8 Å². The maximum absolute atomic E-state index is 12.8. The molecular weight excluding hydrogens is 364 g/mol. The minimum absolute atomic E-state index is 0.00475. The second kappa shape index (κ2) is 8.15. The van der Waals surface area contributed by atoms with E-state index < -0.39 is 0 Å². The first-order valence-corrected chi connectivity index (χ1v) is 10.5. The van der Waals surface area contributed by atoms with Crippen molar-refractivity contribution in [3.05, 3.63) is 58.5 Å². The van der Waals surface area contributed by atoms with Gasteiger partial charge in [-0.05, 0) is 44.4 Å². The molecule has 0 spiro atoms. The van der Waals surface area contributed by atoms with Gasteiger partial charge in [-0.2, -0.15) is 0 Å². The summed E-state index contributed by atoms with van der Waals surface area (Å²) in [4.78, 5) is 27.9. The minimum atomic E-state index is -0.0451. The van der Waals surface area contributed by atoms with E-state index in [0.29, 0.717) is 19.5 Å². The lowest BCUT2D eigenvalue weighted by molar-refractivity contribution is -0.115. The molecule has 3 aromatic rings. The number of rotatable bonds is 6. The molecule has 4 rings (SSSR count). The summed E-state index contributed by atoms with van der Waals surface area (Å²) in [6, 6.07) is 13.8. The highest BCUT2D eigenvalue weighted by molar-refractivity contribution is 5.99. The summed E-state index contributed by atoms with van der Waals surface area (Å²) < 4.78 is 3.59. The molecule has 29 heavy (non-hydrogen) atoms. The van der Waals surface area contributed by atoms with E-state index in [0.717, 1.165) is 53.9 Å². The first-order valence-electron chi connectivity index (χ1n) is 10.5. The number of carbonyl (C=O) groups excluding carboxylic acids is 1. The van der Waals surface area contributed by atoms with Gasteiger partial charge in [-0.3, -0.25) is 13.9 Å². The number of nitrogens with zero attached hydrogens (tertiary/aromatic N) is 3. The zero-order chi connectivity index (χ0) is 20.4. The van der Waals surface area contributed by atoms with Crippen molar-refractivity contribution in [1.82, 2.24) is 9.13 Å². The van der Waals surface area contributed by atoms with Gasteiger partial charge in [0.05, 0.1) is 28.8 Å². The molecular formula is C23H28N4O2. The van der Waals surface area contributed by atoms with Crippen molar-refractivity contribution in [3.63, 3.8) is 0 Å². The van der Waals surface area contributed by atoms with E-state index >= 15 is 0 Å². The third kappa shape index (κ3) is 3.67. The highest BCUT2D eigenvalue weighted by Gasteiger charge is 2.21. The van der Waals surface area contributed by atoms with E-state index in [1.54, 1.807) is 4.57 Å². The van der Waals surface area contributed by atoms with Gasteiger partial charge in [-0.1, -0.05) is 30.3 Å². The highest BCUT2D eigenvalue weighted by Crippen LogP contribution is 2.33. The van der Waals surface area contributed by atoms with Crippen LogP contribution in [-0.2, 0) is 24.3 Å². The molecule has 1 aliphatic heterocycles. The van der Waals surface area contributed by atoms with Crippen LogP contribution in [0.4, 0.5) is 11.4 Å². The van der Waals surface area contributed by atoms with Crippen molar-refractivity contribution < 1.29 is 4.79 Å². The number of amides is 1. The van der Waals surface area contributed by atoms with Crippen molar-refractivity contribution >= 4 is 28.3 Å². The molecule has 1 aromatic heterocycles. The maximum atomic E-state index is 12.8. The van der Waals surface area contributed by atoms with Crippen LogP contribution >= 0.6 is 0 Å². The fourth-order valence-electron chi connectivity index (χ4n) is 4.26. The molecule has 6 nitrogen and oxygen atoms in total. The molecule has 152 valence electrons. The molecule has 1 fully saturated rings. The number of aryl methyl sites for hydroxylation is 2. The first-order chi connectivity index (χ1) is 14.1. The van der Waals surface area contributed by atoms with Gasteiger partial charge >= 0.3 is 5.69 Å². The quantitative estimate of drug-likeness (QED) is 0.697. The van der Waals surface area contributed by atoms with Crippen LogP contribution in [0.25, 0.3) is 11.0 Å². The molecule has 2 aromatic carbocycles. The summed E-state index contributed by atoms with van der Waals surface area (Å²) in [7, 11) is 0. The zero-order valence-corrected chi connectivity index (χ0v) is 17.1. The molecule has 0 unspecified atom stereocenters. The Labute approximate surface area is 170 Å². The van der Waals surface area contributed by atoms with Gasteiger partial charge in [0.2, 0.25) is 5.91 Å². The smallest absolute Gasteiger partial charge is 0.329 e. The van der Waals surface area contributed by atoms with E-state index in [1.165, 1.54) is 0 Å². The third-order valence-corrected chi connectivity index (χ3v) is 5.70. The number of hydrogen-bond acceptors (Lipinski definition) is 3. The number of anilines is 2. The Hall–Kier alpha value is -3.02. The molecule has 1 amide bonds. The van der Waals surface area contributed by atoms with Crippen LogP contribution in [0.15, 0.2) is 47.3 Å². The predicted octanol–water partition coefficient (Wildman–Crippen LogP) is 3.62. The molecule has 0 atom stereocenters. The average molecular weight is 393 g/mol. The Balaban J connectivity index is 1.77. The van der Waals surface area contributed by atoms with Gasteiger partial charge in [0.1, 0.15) is 0 Å². The maximum Gasteiger partial charge on any atom is 0.329 e. The fourth-order valence-corrected chi connectivity index (χ4v) is 4.26. The highest BCUT2D eigenvalue weighted by atomic mass is 16.2. The van der Waals surface area contributed by atoms with Gasteiger partial charge in [0, 0.05) is 26.2 Å². The van der Waals surface area contributed by atoms with Gasteiger partial charge in [-0.25, -0.2) is 4.79 Å². The molecule has 0 saturated carbocycles. The largest absolute Gasteiger partial charge is 0.370 e. The van der Waals surface area contributed by atoms with Crippen LogP contribution in [-0.4, -0.2) is 28.1 Å². The number of imidazole rings is 1. The van der Waals surface area contributed by atoms with Crippen LogP contribution in [0.3, 0.4) is 0 Å². The predicted molar refractivity (Wildman–Crippen MR) is 118 cm³/mol.